The van der Waals surface area contributed by atoms with Gasteiger partial charge in [-0.2, -0.15) is 17.5 Å². The molecule has 0 spiro atoms. The number of hydrogen-bond acceptors (Lipinski definition) is 5. The summed E-state index contributed by atoms with van der Waals surface area (Å²) in [5.74, 6) is -0.449. The first-order chi connectivity index (χ1) is 15.3. The third-order valence-electron chi connectivity index (χ3n) is 5.38. The maximum atomic E-state index is 12.8. The van der Waals surface area contributed by atoms with E-state index in [0.717, 1.165) is 48.5 Å². The third kappa shape index (κ3) is 5.46. The number of alkyl halides is 3. The summed E-state index contributed by atoms with van der Waals surface area (Å²) in [6.07, 6.45) is -2.65. The Balaban J connectivity index is 1.38. The van der Waals surface area contributed by atoms with E-state index < -0.39 is 17.7 Å². The van der Waals surface area contributed by atoms with Crippen LogP contribution in [0.2, 0.25) is 0 Å². The van der Waals surface area contributed by atoms with Gasteiger partial charge in [-0.05, 0) is 65.8 Å². The van der Waals surface area contributed by atoms with E-state index >= 15 is 0 Å². The summed E-state index contributed by atoms with van der Waals surface area (Å²) >= 11 is 1.36. The van der Waals surface area contributed by atoms with Gasteiger partial charge in [-0.1, -0.05) is 18.2 Å². The van der Waals surface area contributed by atoms with Gasteiger partial charge in [0.25, 0.3) is 0 Å². The second-order valence-corrected chi connectivity index (χ2v) is 8.53. The number of carboxylic acid groups (broad SMARTS) is 1. The van der Waals surface area contributed by atoms with Crippen molar-refractivity contribution in [2.24, 2.45) is 0 Å². The van der Waals surface area contributed by atoms with Crippen molar-refractivity contribution in [1.29, 1.82) is 0 Å². The van der Waals surface area contributed by atoms with Gasteiger partial charge < -0.3 is 9.84 Å². The number of halogens is 3. The van der Waals surface area contributed by atoms with Crippen molar-refractivity contribution in [3.8, 4) is 17.0 Å². The molecule has 3 aromatic rings. The number of aliphatic carboxylic acids is 1. The lowest BCUT2D eigenvalue weighted by Crippen LogP contribution is -2.25. The van der Waals surface area contributed by atoms with Gasteiger partial charge in [-0.15, -0.1) is 0 Å². The molecule has 1 aliphatic heterocycles. The Bertz CT molecular complexity index is 1100. The minimum absolute atomic E-state index is 0.364. The molecule has 32 heavy (non-hydrogen) atoms. The first-order valence-corrected chi connectivity index (χ1v) is 10.9. The van der Waals surface area contributed by atoms with Crippen LogP contribution in [0.3, 0.4) is 0 Å². The monoisotopic (exact) mass is 462 g/mol. The minimum atomic E-state index is -4.35. The van der Waals surface area contributed by atoms with E-state index in [0.29, 0.717) is 23.6 Å². The summed E-state index contributed by atoms with van der Waals surface area (Å²) in [4.78, 5) is 14.1. The van der Waals surface area contributed by atoms with Crippen molar-refractivity contribution in [1.82, 2.24) is 9.27 Å². The fourth-order valence-corrected chi connectivity index (χ4v) is 4.49. The first kappa shape index (κ1) is 22.3. The minimum Gasteiger partial charge on any atom is -0.482 e. The molecule has 1 aliphatic rings. The van der Waals surface area contributed by atoms with E-state index in [1.54, 1.807) is 6.07 Å². The maximum absolute atomic E-state index is 12.8. The lowest BCUT2D eigenvalue weighted by Gasteiger charge is -2.18. The zero-order valence-corrected chi connectivity index (χ0v) is 17.9. The van der Waals surface area contributed by atoms with E-state index in [9.17, 15) is 18.0 Å². The van der Waals surface area contributed by atoms with Gasteiger partial charge in [0.15, 0.2) is 6.61 Å². The lowest BCUT2D eigenvalue weighted by molar-refractivity contribution is -0.139. The van der Waals surface area contributed by atoms with E-state index in [4.69, 9.17) is 9.84 Å². The Kier molecular flexibility index (Phi) is 6.48. The molecular weight excluding hydrogens is 441 g/mol. The maximum Gasteiger partial charge on any atom is 0.416 e. The van der Waals surface area contributed by atoms with Crippen LogP contribution in [-0.4, -0.2) is 40.0 Å². The van der Waals surface area contributed by atoms with Crippen molar-refractivity contribution in [2.45, 2.75) is 25.6 Å². The van der Waals surface area contributed by atoms with E-state index in [2.05, 4.69) is 9.27 Å². The summed E-state index contributed by atoms with van der Waals surface area (Å²) in [7, 11) is 0. The van der Waals surface area contributed by atoms with Gasteiger partial charge in [0.05, 0.1) is 11.3 Å². The van der Waals surface area contributed by atoms with Crippen LogP contribution < -0.4 is 4.74 Å². The average Bonchev–Trinajstić information content (AvgIpc) is 3.13. The number of fused-ring (bicyclic) bond motifs is 1. The standard InChI is InChI=1S/C23H21F3N2O3S/c24-23(25,26)18-4-1-16(2-5-18)21-12-20(32-27-21)13-28-9-7-15-3-6-19(31-14-22(29)30)11-17(15)8-10-28/h1-6,11-12H,7-10,13-14H2,(H,29,30). The molecule has 4 rings (SSSR count). The number of hydrogen-bond donors (Lipinski definition) is 1. The second kappa shape index (κ2) is 9.30. The summed E-state index contributed by atoms with van der Waals surface area (Å²) < 4.78 is 48.0. The topological polar surface area (TPSA) is 62.7 Å². The van der Waals surface area contributed by atoms with Crippen LogP contribution >= 0.6 is 11.5 Å². The molecule has 0 saturated heterocycles. The summed E-state index contributed by atoms with van der Waals surface area (Å²) in [5, 5.41) is 8.77. The van der Waals surface area contributed by atoms with E-state index in [1.165, 1.54) is 29.2 Å². The highest BCUT2D eigenvalue weighted by molar-refractivity contribution is 7.06. The Labute approximate surface area is 187 Å². The Morgan fingerprint density at radius 2 is 1.78 bits per heavy atom. The van der Waals surface area contributed by atoms with E-state index in [-0.39, 0.29) is 6.61 Å². The van der Waals surface area contributed by atoms with Crippen molar-refractivity contribution >= 4 is 17.5 Å². The predicted molar refractivity (Wildman–Crippen MR) is 115 cm³/mol. The molecule has 0 saturated carbocycles. The van der Waals surface area contributed by atoms with Crippen LogP contribution in [0.1, 0.15) is 21.6 Å². The average molecular weight is 462 g/mol. The molecule has 0 fully saturated rings. The van der Waals surface area contributed by atoms with Crippen LogP contribution in [0.4, 0.5) is 13.2 Å². The SMILES string of the molecule is O=C(O)COc1ccc2c(c1)CCN(Cc1cc(-c3ccc(C(F)(F)F)cc3)ns1)CC2. The van der Waals surface area contributed by atoms with Gasteiger partial charge in [-0.25, -0.2) is 4.79 Å². The Hall–Kier alpha value is -2.91. The highest BCUT2D eigenvalue weighted by atomic mass is 32.1. The fourth-order valence-electron chi connectivity index (χ4n) is 3.71. The molecule has 0 atom stereocenters. The smallest absolute Gasteiger partial charge is 0.416 e. The quantitative estimate of drug-likeness (QED) is 0.565. The molecule has 0 amide bonds. The molecular formula is C23H21F3N2O3S. The van der Waals surface area contributed by atoms with Crippen molar-refractivity contribution in [3.05, 3.63) is 70.1 Å². The number of carboxylic acids is 1. The number of rotatable bonds is 6. The van der Waals surface area contributed by atoms with Crippen LogP contribution in [0.5, 0.6) is 5.75 Å². The fraction of sp³-hybridized carbons (Fsp3) is 0.304. The lowest BCUT2D eigenvalue weighted by atomic mass is 10.0. The van der Waals surface area contributed by atoms with Crippen molar-refractivity contribution in [3.63, 3.8) is 0 Å². The normalized spacial score (nSPS) is 14.6. The number of ether oxygens (including phenoxy) is 1. The van der Waals surface area contributed by atoms with E-state index in [1.807, 2.05) is 18.2 Å². The van der Waals surface area contributed by atoms with Crippen LogP contribution in [-0.2, 0) is 30.4 Å². The summed E-state index contributed by atoms with van der Waals surface area (Å²) in [6.45, 7) is 2.06. The first-order valence-electron chi connectivity index (χ1n) is 10.1. The molecule has 1 N–H and O–H groups in total. The molecule has 0 radical (unpaired) electrons. The van der Waals surface area contributed by atoms with Crippen molar-refractivity contribution in [2.75, 3.05) is 19.7 Å². The van der Waals surface area contributed by atoms with Gasteiger partial charge in [-0.3, -0.25) is 4.90 Å². The highest BCUT2D eigenvalue weighted by Gasteiger charge is 2.30. The van der Waals surface area contributed by atoms with Gasteiger partial charge in [0.1, 0.15) is 5.75 Å². The highest BCUT2D eigenvalue weighted by Crippen LogP contribution is 2.31. The van der Waals surface area contributed by atoms with Crippen LogP contribution in [0.25, 0.3) is 11.3 Å². The zero-order chi connectivity index (χ0) is 22.7. The van der Waals surface area contributed by atoms with Gasteiger partial charge >= 0.3 is 12.1 Å². The molecule has 0 aliphatic carbocycles. The summed E-state index contributed by atoms with van der Waals surface area (Å²) in [6, 6.07) is 12.7. The number of nitrogens with zero attached hydrogens (tertiary/aromatic N) is 2. The molecule has 5 nitrogen and oxygen atoms in total. The number of benzene rings is 2. The van der Waals surface area contributed by atoms with Gasteiger partial charge in [0, 0.05) is 30.1 Å². The molecule has 168 valence electrons. The molecule has 0 unspecified atom stereocenters. The van der Waals surface area contributed by atoms with Gasteiger partial charge in [0.2, 0.25) is 0 Å². The molecule has 0 bridgehead atoms. The third-order valence-corrected chi connectivity index (χ3v) is 6.15. The van der Waals surface area contributed by atoms with Crippen molar-refractivity contribution < 1.29 is 27.8 Å². The molecule has 2 heterocycles. The Morgan fingerprint density at radius 3 is 2.47 bits per heavy atom. The molecule has 9 heteroatoms. The summed E-state index contributed by atoms with van der Waals surface area (Å²) in [5.41, 5.74) is 3.06. The predicted octanol–water partition coefficient (Wildman–Crippen LogP) is 4.89. The van der Waals surface area contributed by atoms with Crippen LogP contribution in [0, 0.1) is 0 Å². The second-order valence-electron chi connectivity index (χ2n) is 7.64. The molecule has 1 aromatic heterocycles. The Morgan fingerprint density at radius 1 is 1.06 bits per heavy atom. The zero-order valence-electron chi connectivity index (χ0n) is 17.1. The van der Waals surface area contributed by atoms with Crippen LogP contribution in [0.15, 0.2) is 48.5 Å². The number of aromatic nitrogens is 1. The molecule has 2 aromatic carbocycles. The number of carbonyl (C=O) groups is 1. The largest absolute Gasteiger partial charge is 0.482 e.